The molecule has 4 heteroatoms. The molecule has 0 radical (unpaired) electrons. The van der Waals surface area contributed by atoms with Crippen LogP contribution in [0.2, 0.25) is 13.1 Å². The molecule has 0 spiro atoms. The molecule has 0 unspecified atom stereocenters. The van der Waals surface area contributed by atoms with Gasteiger partial charge in [-0.05, 0) is 75.5 Å². The fraction of sp³-hybridized carbons (Fsp3) is 0.130. The van der Waals surface area contributed by atoms with Crippen LogP contribution in [0.15, 0.2) is 65.4 Å². The molecule has 1 heterocycles. The number of allylic oxidation sites excluding steroid dienone is 5. The van der Waals surface area contributed by atoms with Crippen molar-refractivity contribution in [3.8, 4) is 5.75 Å². The van der Waals surface area contributed by atoms with Gasteiger partial charge in [0.05, 0.1) is 0 Å². The Morgan fingerprint density at radius 1 is 1.00 bits per heavy atom. The molecule has 1 aliphatic carbocycles. The molecule has 134 valence electrons. The number of phenols is 1. The molecule has 4 rings (SSSR count). The number of ketones is 1. The zero-order valence-corrected chi connectivity index (χ0v) is 16.5. The Kier molecular flexibility index (Phi) is 3.89. The van der Waals surface area contributed by atoms with Crippen molar-refractivity contribution in [2.45, 2.75) is 20.0 Å². The number of rotatable bonds is 2. The van der Waals surface area contributed by atoms with E-state index in [2.05, 4.69) is 13.1 Å². The van der Waals surface area contributed by atoms with Gasteiger partial charge in [-0.2, -0.15) is 0 Å². The van der Waals surface area contributed by atoms with Gasteiger partial charge >= 0.3 is 0 Å². The highest BCUT2D eigenvalue weighted by Crippen LogP contribution is 2.42. The second kappa shape index (κ2) is 6.03. The van der Waals surface area contributed by atoms with Gasteiger partial charge < -0.3 is 5.11 Å². The van der Waals surface area contributed by atoms with E-state index in [9.17, 15) is 14.7 Å². The lowest BCUT2D eigenvalue weighted by Gasteiger charge is -2.37. The lowest BCUT2D eigenvalue weighted by molar-refractivity contribution is -0.110. The number of aryl methyl sites for hydroxylation is 1. The monoisotopic (exact) mass is 372 g/mol. The van der Waals surface area contributed by atoms with Crippen molar-refractivity contribution in [1.29, 1.82) is 0 Å². The van der Waals surface area contributed by atoms with Crippen LogP contribution >= 0.6 is 0 Å². The summed E-state index contributed by atoms with van der Waals surface area (Å²) in [5.74, 6) is 0.244. The van der Waals surface area contributed by atoms with E-state index in [0.717, 1.165) is 44.5 Å². The maximum atomic E-state index is 12.1. The van der Waals surface area contributed by atoms with Crippen LogP contribution in [-0.4, -0.2) is 25.2 Å². The van der Waals surface area contributed by atoms with Crippen LogP contribution in [0.5, 0.6) is 5.75 Å². The van der Waals surface area contributed by atoms with Crippen LogP contribution in [0.1, 0.15) is 27.0 Å². The summed E-state index contributed by atoms with van der Waals surface area (Å²) in [4.78, 5) is 23.3. The van der Waals surface area contributed by atoms with Gasteiger partial charge in [-0.1, -0.05) is 37.4 Å². The summed E-state index contributed by atoms with van der Waals surface area (Å²) in [5, 5.41) is 12.3. The molecule has 0 amide bonds. The number of carbonyl (C=O) groups excluding carboxylic acids is 2. The molecule has 0 atom stereocenters. The lowest BCUT2D eigenvalue weighted by Crippen LogP contribution is -2.49. The summed E-state index contributed by atoms with van der Waals surface area (Å²) in [7, 11) is -2.14. The van der Waals surface area contributed by atoms with Crippen LogP contribution in [0, 0.1) is 6.92 Å². The summed E-state index contributed by atoms with van der Waals surface area (Å²) >= 11 is 0. The maximum absolute atomic E-state index is 12.1. The Labute approximate surface area is 159 Å². The largest absolute Gasteiger partial charge is 0.508 e. The Hall–Kier alpha value is -2.98. The number of hydrogen-bond donors (Lipinski definition) is 1. The van der Waals surface area contributed by atoms with Gasteiger partial charge in [0.1, 0.15) is 20.1 Å². The third-order valence-electron chi connectivity index (χ3n) is 5.54. The predicted molar refractivity (Wildman–Crippen MR) is 110 cm³/mol. The minimum absolute atomic E-state index is 0.00491. The first-order chi connectivity index (χ1) is 12.8. The molecule has 27 heavy (non-hydrogen) atoms. The van der Waals surface area contributed by atoms with E-state index < -0.39 is 8.07 Å². The Morgan fingerprint density at radius 2 is 1.74 bits per heavy atom. The lowest BCUT2D eigenvalue weighted by atomic mass is 9.87. The smallest absolute Gasteiger partial charge is 0.178 e. The molecule has 3 nitrogen and oxygen atoms in total. The zero-order valence-electron chi connectivity index (χ0n) is 15.5. The number of fused-ring (bicyclic) bond motifs is 2. The molecule has 0 aromatic heterocycles. The Bertz CT molecular complexity index is 1100. The van der Waals surface area contributed by atoms with Crippen LogP contribution in [0.4, 0.5) is 0 Å². The first kappa shape index (κ1) is 17.4. The van der Waals surface area contributed by atoms with E-state index in [0.29, 0.717) is 5.56 Å². The first-order valence-electron chi connectivity index (χ1n) is 8.92. The van der Waals surface area contributed by atoms with Gasteiger partial charge in [0, 0.05) is 5.56 Å². The van der Waals surface area contributed by atoms with Crippen LogP contribution in [-0.2, 0) is 4.79 Å². The molecular weight excluding hydrogens is 352 g/mol. The number of carbonyl (C=O) groups is 2. The van der Waals surface area contributed by atoms with Crippen molar-refractivity contribution in [2.24, 2.45) is 0 Å². The molecule has 2 aromatic carbocycles. The van der Waals surface area contributed by atoms with Crippen LogP contribution in [0.3, 0.4) is 0 Å². The van der Waals surface area contributed by atoms with Crippen molar-refractivity contribution < 1.29 is 14.7 Å². The second-order valence-corrected chi connectivity index (χ2v) is 12.0. The molecule has 0 saturated carbocycles. The van der Waals surface area contributed by atoms with Crippen molar-refractivity contribution >= 4 is 30.9 Å². The molecule has 2 aliphatic rings. The highest BCUT2D eigenvalue weighted by atomic mass is 28.3. The number of benzene rings is 2. The molecule has 0 saturated heterocycles. The third kappa shape index (κ3) is 2.64. The number of phenolic OH excluding ortho intramolecular Hbond substituents is 1. The summed E-state index contributed by atoms with van der Waals surface area (Å²) < 4.78 is 0. The maximum Gasteiger partial charge on any atom is 0.178 e. The highest BCUT2D eigenvalue weighted by Gasteiger charge is 2.40. The van der Waals surface area contributed by atoms with E-state index in [4.69, 9.17) is 0 Å². The quantitative estimate of drug-likeness (QED) is 0.643. The first-order valence-corrected chi connectivity index (χ1v) is 11.9. The predicted octanol–water partition coefficient (Wildman–Crippen LogP) is 3.85. The van der Waals surface area contributed by atoms with E-state index in [1.807, 2.05) is 43.3 Å². The van der Waals surface area contributed by atoms with E-state index in [1.165, 1.54) is 0 Å². The third-order valence-corrected chi connectivity index (χ3v) is 9.06. The Balaban J connectivity index is 2.10. The summed E-state index contributed by atoms with van der Waals surface area (Å²) in [6.07, 6.45) is 6.14. The Morgan fingerprint density at radius 3 is 2.44 bits per heavy atom. The number of hydrogen-bond acceptors (Lipinski definition) is 3. The molecule has 2 aromatic rings. The molecule has 0 fully saturated rings. The van der Waals surface area contributed by atoms with E-state index in [-0.39, 0.29) is 11.5 Å². The van der Waals surface area contributed by atoms with Gasteiger partial charge in [-0.25, -0.2) is 0 Å². The van der Waals surface area contributed by atoms with Crippen molar-refractivity contribution in [1.82, 2.24) is 0 Å². The topological polar surface area (TPSA) is 54.4 Å². The average Bonchev–Trinajstić information content (AvgIpc) is 2.64. The number of aromatic hydroxyl groups is 1. The second-order valence-electron chi connectivity index (χ2n) is 7.63. The van der Waals surface area contributed by atoms with Crippen molar-refractivity contribution in [2.75, 3.05) is 0 Å². The van der Waals surface area contributed by atoms with Gasteiger partial charge in [-0.15, -0.1) is 0 Å². The summed E-state index contributed by atoms with van der Waals surface area (Å²) in [6.45, 7) is 6.42. The van der Waals surface area contributed by atoms with Gasteiger partial charge in [-0.3, -0.25) is 9.59 Å². The van der Waals surface area contributed by atoms with Crippen LogP contribution in [0.25, 0.3) is 5.57 Å². The van der Waals surface area contributed by atoms with Crippen molar-refractivity contribution in [3.63, 3.8) is 0 Å². The molecular formula is C23H20O3Si. The number of aldehydes is 1. The SMILES string of the molecule is Cc1cc(C=O)ccc1C1=C2C=CC(=O)C=C2[Si](C)(C)c2cc(O)ccc21. The zero-order chi connectivity index (χ0) is 19.3. The fourth-order valence-corrected chi connectivity index (χ4v) is 7.21. The fourth-order valence-electron chi connectivity index (χ4n) is 4.15. The van der Waals surface area contributed by atoms with Gasteiger partial charge in [0.25, 0.3) is 0 Å². The average molecular weight is 372 g/mol. The van der Waals surface area contributed by atoms with E-state index >= 15 is 0 Å². The highest BCUT2D eigenvalue weighted by molar-refractivity contribution is 6.98. The minimum Gasteiger partial charge on any atom is -0.508 e. The molecule has 0 bridgehead atoms. The standard InChI is InChI=1S/C23H20O3Si/c1-14-10-15(13-24)4-7-18(14)23-19-8-5-16(25)11-21(19)27(2,3)22-12-17(26)6-9-20(22)23/h4-13,25H,1-3H3. The van der Waals surface area contributed by atoms with Crippen LogP contribution < -0.4 is 5.19 Å². The summed E-state index contributed by atoms with van der Waals surface area (Å²) in [5.41, 5.74) is 5.92. The molecule has 1 N–H and O–H groups in total. The minimum atomic E-state index is -2.14. The van der Waals surface area contributed by atoms with Gasteiger partial charge in [0.2, 0.25) is 0 Å². The normalized spacial score (nSPS) is 17.3. The molecule has 1 aliphatic heterocycles. The van der Waals surface area contributed by atoms with Crippen molar-refractivity contribution in [3.05, 3.63) is 87.6 Å². The van der Waals surface area contributed by atoms with E-state index in [1.54, 1.807) is 18.2 Å². The summed E-state index contributed by atoms with van der Waals surface area (Å²) in [6, 6.07) is 11.2. The van der Waals surface area contributed by atoms with Gasteiger partial charge in [0.15, 0.2) is 5.78 Å².